The zero-order valence-electron chi connectivity index (χ0n) is 23.4. The lowest BCUT2D eigenvalue weighted by molar-refractivity contribution is -0.138. The topological polar surface area (TPSA) is 153 Å². The molecule has 4 rings (SSSR count). The zero-order chi connectivity index (χ0) is 31.3. The second-order valence-electron chi connectivity index (χ2n) is 9.68. The van der Waals surface area contributed by atoms with E-state index in [9.17, 15) is 28.1 Å². The first kappa shape index (κ1) is 32.2. The maximum atomic E-state index is 14.3. The number of nitrogens with one attached hydrogen (secondary N) is 1. The molecule has 15 heteroatoms. The highest BCUT2D eigenvalue weighted by Crippen LogP contribution is 2.47. The number of Topliss-reactive ketones (excluding diaryl/α,β-unsaturated/α-hetero) is 1. The summed E-state index contributed by atoms with van der Waals surface area (Å²) in [5.41, 5.74) is 0.899. The van der Waals surface area contributed by atoms with Crippen LogP contribution in [0.15, 0.2) is 42.6 Å². The third kappa shape index (κ3) is 7.24. The van der Waals surface area contributed by atoms with Crippen LogP contribution < -0.4 is 10.6 Å². The molecule has 43 heavy (non-hydrogen) atoms. The smallest absolute Gasteiger partial charge is 0.450 e. The van der Waals surface area contributed by atoms with Gasteiger partial charge in [0.25, 0.3) is 0 Å². The molecule has 1 aliphatic heterocycles. The van der Waals surface area contributed by atoms with Crippen molar-refractivity contribution in [3.8, 4) is 0 Å². The van der Waals surface area contributed by atoms with Crippen LogP contribution in [0.3, 0.4) is 0 Å². The van der Waals surface area contributed by atoms with Crippen LogP contribution in [0.4, 0.5) is 9.18 Å². The van der Waals surface area contributed by atoms with Crippen LogP contribution in [0, 0.1) is 5.82 Å². The molecule has 1 unspecified atom stereocenters. The summed E-state index contributed by atoms with van der Waals surface area (Å²) in [6.07, 6.45) is 0.875. The van der Waals surface area contributed by atoms with Crippen molar-refractivity contribution in [1.29, 1.82) is 0 Å². The molecule has 2 heterocycles. The molecule has 2 N–H and O–H groups in total. The quantitative estimate of drug-likeness (QED) is 0.127. The Morgan fingerprint density at radius 1 is 1.19 bits per heavy atom. The summed E-state index contributed by atoms with van der Waals surface area (Å²) >= 11 is 5.82. The Morgan fingerprint density at radius 2 is 1.95 bits per heavy atom. The molecule has 0 saturated carbocycles. The standard InChI is InChI=1S/C28H30ClFN3O9P/c1-3-41-43(39,42-16-40-28(37)38)19-9-10-20-21(17(2)34)14-32(24(20)12-19)15-25(35)33-11-5-8-23(33)27(36)31-13-18-6-4-7-22(29)26(18)30/h4,6-7,9-10,12,14,23H,3,5,8,11,13,15-16H2,1-2H3,(H,31,36)(H,37,38)/t23-,43?/m0/s1. The number of carbonyl (C=O) groups excluding carboxylic acids is 3. The molecule has 0 aliphatic carbocycles. The first-order valence-corrected chi connectivity index (χ1v) is 15.3. The number of amides is 2. The number of likely N-dealkylation sites (tertiary alicyclic amines) is 1. The average molecular weight is 638 g/mol. The summed E-state index contributed by atoms with van der Waals surface area (Å²) in [5, 5.41) is 11.9. The molecule has 2 atom stereocenters. The van der Waals surface area contributed by atoms with Gasteiger partial charge < -0.3 is 29.2 Å². The van der Waals surface area contributed by atoms with Crippen LogP contribution >= 0.6 is 19.2 Å². The molecule has 1 fully saturated rings. The summed E-state index contributed by atoms with van der Waals surface area (Å²) in [5.74, 6) is -1.73. The Labute approximate surface area is 251 Å². The molecule has 3 aromatic rings. The molecule has 1 aromatic heterocycles. The number of carboxylic acid groups (broad SMARTS) is 1. The number of halogens is 2. The lowest BCUT2D eigenvalue weighted by Gasteiger charge is -2.24. The number of fused-ring (bicyclic) bond motifs is 1. The van der Waals surface area contributed by atoms with Crippen LogP contribution in [0.1, 0.15) is 42.6 Å². The van der Waals surface area contributed by atoms with Crippen LogP contribution in [-0.4, -0.2) is 64.3 Å². The number of rotatable bonds is 12. The van der Waals surface area contributed by atoms with Gasteiger partial charge in [0.2, 0.25) is 18.6 Å². The summed E-state index contributed by atoms with van der Waals surface area (Å²) in [6, 6.07) is 8.12. The van der Waals surface area contributed by atoms with E-state index in [1.807, 2.05) is 0 Å². The minimum Gasteiger partial charge on any atom is -0.450 e. The van der Waals surface area contributed by atoms with Gasteiger partial charge in [0.15, 0.2) is 5.78 Å². The van der Waals surface area contributed by atoms with Crippen molar-refractivity contribution in [3.05, 3.63) is 64.6 Å². The van der Waals surface area contributed by atoms with E-state index in [-0.39, 0.29) is 41.4 Å². The van der Waals surface area contributed by atoms with Gasteiger partial charge >= 0.3 is 13.8 Å². The first-order chi connectivity index (χ1) is 20.4. The maximum absolute atomic E-state index is 14.3. The molecular formula is C28H30ClFN3O9P. The number of hydrogen-bond donors (Lipinski definition) is 2. The van der Waals surface area contributed by atoms with Crippen LogP contribution in [0.25, 0.3) is 10.9 Å². The normalized spacial score (nSPS) is 16.2. The van der Waals surface area contributed by atoms with Gasteiger partial charge in [-0.25, -0.2) is 9.18 Å². The molecular weight excluding hydrogens is 608 g/mol. The van der Waals surface area contributed by atoms with Crippen molar-refractivity contribution in [1.82, 2.24) is 14.8 Å². The van der Waals surface area contributed by atoms with Crippen molar-refractivity contribution < 1.29 is 47.0 Å². The second kappa shape index (κ2) is 13.7. The van der Waals surface area contributed by atoms with E-state index < -0.39 is 44.2 Å². The van der Waals surface area contributed by atoms with Crippen molar-refractivity contribution in [2.24, 2.45) is 0 Å². The number of benzene rings is 2. The van der Waals surface area contributed by atoms with E-state index in [2.05, 4.69) is 10.1 Å². The van der Waals surface area contributed by atoms with Gasteiger partial charge in [-0.05, 0) is 44.9 Å². The van der Waals surface area contributed by atoms with Crippen LogP contribution in [0.5, 0.6) is 0 Å². The van der Waals surface area contributed by atoms with Crippen molar-refractivity contribution >= 4 is 59.2 Å². The predicted molar refractivity (Wildman–Crippen MR) is 154 cm³/mol. The average Bonchev–Trinajstić information content (AvgIpc) is 3.59. The summed E-state index contributed by atoms with van der Waals surface area (Å²) in [4.78, 5) is 51.1. The number of ketones is 1. The van der Waals surface area contributed by atoms with Gasteiger partial charge in [-0.15, -0.1) is 0 Å². The van der Waals surface area contributed by atoms with Crippen molar-refractivity contribution in [3.63, 3.8) is 0 Å². The highest BCUT2D eigenvalue weighted by atomic mass is 35.5. The Kier molecular flexibility index (Phi) is 10.2. The summed E-state index contributed by atoms with van der Waals surface area (Å²) in [6.45, 7) is 2.06. The monoisotopic (exact) mass is 637 g/mol. The minimum atomic E-state index is -4.05. The first-order valence-electron chi connectivity index (χ1n) is 13.3. The molecule has 230 valence electrons. The number of hydrogen-bond acceptors (Lipinski definition) is 8. The van der Waals surface area contributed by atoms with E-state index >= 15 is 0 Å². The van der Waals surface area contributed by atoms with E-state index in [1.54, 1.807) is 13.0 Å². The molecule has 0 radical (unpaired) electrons. The molecule has 1 aliphatic rings. The number of aromatic nitrogens is 1. The highest BCUT2D eigenvalue weighted by Gasteiger charge is 2.35. The van der Waals surface area contributed by atoms with Gasteiger partial charge in [0.05, 0.1) is 22.5 Å². The number of nitrogens with zero attached hydrogens (tertiary/aromatic N) is 2. The van der Waals surface area contributed by atoms with Crippen LogP contribution in [0.2, 0.25) is 5.02 Å². The minimum absolute atomic E-state index is 0.0249. The van der Waals surface area contributed by atoms with Gasteiger partial charge in [-0.1, -0.05) is 29.8 Å². The summed E-state index contributed by atoms with van der Waals surface area (Å²) < 4.78 is 44.1. The lowest BCUT2D eigenvalue weighted by atomic mass is 10.1. The number of carbonyl (C=O) groups is 4. The van der Waals surface area contributed by atoms with E-state index in [0.717, 1.165) is 0 Å². The molecule has 1 saturated heterocycles. The third-order valence-corrected chi connectivity index (χ3v) is 9.18. The zero-order valence-corrected chi connectivity index (χ0v) is 25.0. The van der Waals surface area contributed by atoms with E-state index in [4.69, 9.17) is 25.8 Å². The predicted octanol–water partition coefficient (Wildman–Crippen LogP) is 4.47. The fraction of sp³-hybridized carbons (Fsp3) is 0.357. The Balaban J connectivity index is 1.57. The molecule has 12 nitrogen and oxygen atoms in total. The summed E-state index contributed by atoms with van der Waals surface area (Å²) in [7, 11) is -4.05. The Hall–Kier alpha value is -3.77. The van der Waals surface area contributed by atoms with Crippen LogP contribution in [-0.2, 0) is 41.0 Å². The Bertz CT molecular complexity index is 1610. The van der Waals surface area contributed by atoms with Gasteiger partial charge in [-0.2, -0.15) is 0 Å². The molecule has 2 aromatic carbocycles. The second-order valence-corrected chi connectivity index (χ2v) is 12.1. The van der Waals surface area contributed by atoms with E-state index in [1.165, 1.54) is 52.9 Å². The lowest BCUT2D eigenvalue weighted by Crippen LogP contribution is -2.46. The largest absolute Gasteiger partial charge is 0.507 e. The number of ether oxygens (including phenoxy) is 1. The third-order valence-electron chi connectivity index (χ3n) is 6.93. The fourth-order valence-electron chi connectivity index (χ4n) is 4.92. The fourth-order valence-corrected chi connectivity index (χ4v) is 6.56. The molecule has 2 amide bonds. The van der Waals surface area contributed by atoms with Gasteiger partial charge in [0.1, 0.15) is 18.4 Å². The SMILES string of the molecule is CCOP(=O)(OCOC(=O)O)c1ccc2c(C(C)=O)cn(CC(=O)N3CCC[C@H]3C(=O)NCc3cccc(Cl)c3F)c2c1. The van der Waals surface area contributed by atoms with Crippen molar-refractivity contribution in [2.75, 3.05) is 19.9 Å². The Morgan fingerprint density at radius 3 is 2.65 bits per heavy atom. The molecule has 0 bridgehead atoms. The highest BCUT2D eigenvalue weighted by molar-refractivity contribution is 7.62. The molecule has 0 spiro atoms. The maximum Gasteiger partial charge on any atom is 0.507 e. The van der Waals surface area contributed by atoms with Gasteiger partial charge in [0, 0.05) is 35.8 Å². The van der Waals surface area contributed by atoms with Gasteiger partial charge in [-0.3, -0.25) is 23.5 Å². The van der Waals surface area contributed by atoms with E-state index in [0.29, 0.717) is 35.9 Å². The van der Waals surface area contributed by atoms with Crippen molar-refractivity contribution in [2.45, 2.75) is 45.8 Å².